The average Bonchev–Trinajstić information content (AvgIpc) is 3.41. The van der Waals surface area contributed by atoms with Crippen molar-refractivity contribution in [1.82, 2.24) is 29.6 Å². The fourth-order valence-corrected chi connectivity index (χ4v) is 4.53. The highest BCUT2D eigenvalue weighted by atomic mass is 35.5. The third-order valence-corrected chi connectivity index (χ3v) is 6.36. The fraction of sp³-hybridized carbons (Fsp3) is 0.292. The molecule has 0 saturated heterocycles. The lowest BCUT2D eigenvalue weighted by atomic mass is 9.91. The van der Waals surface area contributed by atoms with E-state index in [0.717, 1.165) is 42.1 Å². The van der Waals surface area contributed by atoms with Gasteiger partial charge in [0.2, 0.25) is 5.95 Å². The van der Waals surface area contributed by atoms with E-state index >= 15 is 0 Å². The summed E-state index contributed by atoms with van der Waals surface area (Å²) in [5.74, 6) is 1.78. The van der Waals surface area contributed by atoms with Gasteiger partial charge in [-0.05, 0) is 49.7 Å². The molecule has 10 heteroatoms. The number of hydrogen-bond donors (Lipinski definition) is 2. The molecule has 2 aromatic carbocycles. The molecule has 0 bridgehead atoms. The summed E-state index contributed by atoms with van der Waals surface area (Å²) in [6.07, 6.45) is 5.14. The first-order valence-corrected chi connectivity index (χ1v) is 11.4. The zero-order valence-corrected chi connectivity index (χ0v) is 19.6. The highest BCUT2D eigenvalue weighted by Crippen LogP contribution is 2.34. The van der Waals surface area contributed by atoms with Gasteiger partial charge in [0.15, 0.2) is 0 Å². The van der Waals surface area contributed by atoms with E-state index in [4.69, 9.17) is 26.4 Å². The van der Waals surface area contributed by atoms with Crippen molar-refractivity contribution in [2.45, 2.75) is 31.3 Å². The second kappa shape index (κ2) is 9.44. The monoisotopic (exact) mass is 481 g/mol. The van der Waals surface area contributed by atoms with Gasteiger partial charge in [0.25, 0.3) is 0 Å². The molecule has 5 rings (SSSR count). The van der Waals surface area contributed by atoms with E-state index in [1.54, 1.807) is 24.2 Å². The largest absolute Gasteiger partial charge is 0.494 e. The van der Waals surface area contributed by atoms with Crippen molar-refractivity contribution in [1.29, 1.82) is 0 Å². The molecular formula is C24H25ClFN7O. The van der Waals surface area contributed by atoms with Gasteiger partial charge in [-0.2, -0.15) is 4.98 Å². The number of halogens is 2. The summed E-state index contributed by atoms with van der Waals surface area (Å²) >= 11 is 5.96. The molecule has 4 aromatic rings. The molecule has 0 fully saturated rings. The van der Waals surface area contributed by atoms with Gasteiger partial charge in [-0.1, -0.05) is 23.7 Å². The van der Waals surface area contributed by atoms with E-state index in [0.29, 0.717) is 22.9 Å². The molecule has 2 atom stereocenters. The standard InChI is InChI=1S/C24H25ClFN7O/c1-27-17-9-10-33-23(19(11-17)15-3-5-16(26)6-4-15)30-24(31-33)29-18-7-8-20(21(12-18)34-2)32-13-22(25)28-14-32/h3-8,12-14,17,19,27H,9-11H2,1-2H3,(H,29,31). The van der Waals surface area contributed by atoms with Gasteiger partial charge in [0.1, 0.15) is 28.9 Å². The minimum absolute atomic E-state index is 0.00602. The van der Waals surface area contributed by atoms with Crippen LogP contribution in [-0.4, -0.2) is 44.5 Å². The summed E-state index contributed by atoms with van der Waals surface area (Å²) < 4.78 is 22.9. The predicted molar refractivity (Wildman–Crippen MR) is 129 cm³/mol. The number of ether oxygens (including phenoxy) is 1. The van der Waals surface area contributed by atoms with Gasteiger partial charge >= 0.3 is 0 Å². The second-order valence-electron chi connectivity index (χ2n) is 8.25. The van der Waals surface area contributed by atoms with Crippen molar-refractivity contribution in [2.75, 3.05) is 19.5 Å². The third-order valence-electron chi connectivity index (χ3n) is 6.17. The minimum Gasteiger partial charge on any atom is -0.494 e. The molecule has 0 radical (unpaired) electrons. The van der Waals surface area contributed by atoms with Crippen LogP contribution in [0.2, 0.25) is 5.15 Å². The van der Waals surface area contributed by atoms with Crippen LogP contribution in [0.4, 0.5) is 16.0 Å². The number of nitrogens with one attached hydrogen (secondary N) is 2. The lowest BCUT2D eigenvalue weighted by Crippen LogP contribution is -2.26. The molecule has 2 unspecified atom stereocenters. The van der Waals surface area contributed by atoms with Crippen LogP contribution in [0.25, 0.3) is 5.69 Å². The highest BCUT2D eigenvalue weighted by Gasteiger charge is 2.28. The molecule has 1 aliphatic heterocycles. The maximum absolute atomic E-state index is 13.5. The number of rotatable bonds is 6. The molecule has 0 aliphatic carbocycles. The van der Waals surface area contributed by atoms with E-state index in [9.17, 15) is 4.39 Å². The summed E-state index contributed by atoms with van der Waals surface area (Å²) in [6.45, 7) is 0.747. The number of hydrogen-bond acceptors (Lipinski definition) is 6. The first-order valence-electron chi connectivity index (χ1n) is 11.1. The van der Waals surface area contributed by atoms with Gasteiger partial charge < -0.3 is 19.9 Å². The van der Waals surface area contributed by atoms with Crippen LogP contribution in [0, 0.1) is 5.82 Å². The maximum atomic E-state index is 13.5. The van der Waals surface area contributed by atoms with E-state index in [-0.39, 0.29) is 11.7 Å². The van der Waals surface area contributed by atoms with Crippen molar-refractivity contribution in [3.63, 3.8) is 0 Å². The normalized spacial score (nSPS) is 17.8. The number of fused-ring (bicyclic) bond motifs is 1. The predicted octanol–water partition coefficient (Wildman–Crippen LogP) is 4.52. The quantitative estimate of drug-likeness (QED) is 0.421. The zero-order chi connectivity index (χ0) is 23.7. The number of imidazole rings is 1. The molecule has 3 heterocycles. The minimum atomic E-state index is -0.248. The molecule has 34 heavy (non-hydrogen) atoms. The van der Waals surface area contributed by atoms with Crippen LogP contribution in [-0.2, 0) is 6.54 Å². The molecular weight excluding hydrogens is 457 g/mol. The lowest BCUT2D eigenvalue weighted by molar-refractivity contribution is 0.413. The molecule has 0 amide bonds. The van der Waals surface area contributed by atoms with Crippen LogP contribution in [0.15, 0.2) is 55.0 Å². The van der Waals surface area contributed by atoms with Gasteiger partial charge in [-0.15, -0.1) is 5.10 Å². The van der Waals surface area contributed by atoms with Gasteiger partial charge in [0, 0.05) is 36.5 Å². The van der Waals surface area contributed by atoms with Crippen LogP contribution in [0.1, 0.15) is 30.1 Å². The first kappa shape index (κ1) is 22.4. The molecule has 1 aliphatic rings. The number of aromatic nitrogens is 5. The van der Waals surface area contributed by atoms with Crippen molar-refractivity contribution in [3.8, 4) is 11.4 Å². The van der Waals surface area contributed by atoms with E-state index < -0.39 is 0 Å². The second-order valence-corrected chi connectivity index (χ2v) is 8.63. The Morgan fingerprint density at radius 2 is 2.00 bits per heavy atom. The van der Waals surface area contributed by atoms with Gasteiger partial charge in [-0.25, -0.2) is 14.1 Å². The molecule has 0 saturated carbocycles. The number of benzene rings is 2. The Labute approximate surface area is 201 Å². The summed E-state index contributed by atoms with van der Waals surface area (Å²) in [6, 6.07) is 12.7. The smallest absolute Gasteiger partial charge is 0.246 e. The summed E-state index contributed by atoms with van der Waals surface area (Å²) in [5.41, 5.74) is 2.63. The molecule has 0 spiro atoms. The average molecular weight is 482 g/mol. The SMILES string of the molecule is CNC1CCn2nc(Nc3ccc(-n4cnc(Cl)c4)c(OC)c3)nc2C(c2ccc(F)cc2)C1. The summed E-state index contributed by atoms with van der Waals surface area (Å²) in [5, 5.41) is 11.8. The Morgan fingerprint density at radius 3 is 2.71 bits per heavy atom. The molecule has 2 N–H and O–H groups in total. The molecule has 8 nitrogen and oxygen atoms in total. The molecule has 2 aromatic heterocycles. The Kier molecular flexibility index (Phi) is 6.21. The Balaban J connectivity index is 1.44. The lowest BCUT2D eigenvalue weighted by Gasteiger charge is -2.19. The van der Waals surface area contributed by atoms with Crippen LogP contribution < -0.4 is 15.4 Å². The Bertz CT molecular complexity index is 1290. The van der Waals surface area contributed by atoms with Crippen molar-refractivity contribution >= 4 is 23.2 Å². The van der Waals surface area contributed by atoms with Crippen molar-refractivity contribution in [2.24, 2.45) is 0 Å². The van der Waals surface area contributed by atoms with E-state index in [2.05, 4.69) is 15.6 Å². The molecule has 176 valence electrons. The number of anilines is 2. The first-order chi connectivity index (χ1) is 16.5. The Hall–Kier alpha value is -3.43. The summed E-state index contributed by atoms with van der Waals surface area (Å²) in [7, 11) is 3.58. The number of aryl methyl sites for hydroxylation is 1. The summed E-state index contributed by atoms with van der Waals surface area (Å²) in [4.78, 5) is 8.90. The number of nitrogens with zero attached hydrogens (tertiary/aromatic N) is 5. The zero-order valence-electron chi connectivity index (χ0n) is 18.9. The van der Waals surface area contributed by atoms with Crippen molar-refractivity contribution in [3.05, 3.63) is 77.3 Å². The topological polar surface area (TPSA) is 81.8 Å². The maximum Gasteiger partial charge on any atom is 0.246 e. The van der Waals surface area contributed by atoms with E-state index in [1.807, 2.05) is 42.1 Å². The fourth-order valence-electron chi connectivity index (χ4n) is 4.39. The van der Waals surface area contributed by atoms with E-state index in [1.165, 1.54) is 12.1 Å². The Morgan fingerprint density at radius 1 is 1.18 bits per heavy atom. The highest BCUT2D eigenvalue weighted by molar-refractivity contribution is 6.29. The van der Waals surface area contributed by atoms with Crippen LogP contribution in [0.5, 0.6) is 5.75 Å². The van der Waals surface area contributed by atoms with Gasteiger partial charge in [0.05, 0.1) is 12.8 Å². The third kappa shape index (κ3) is 4.49. The van der Waals surface area contributed by atoms with Gasteiger partial charge in [-0.3, -0.25) is 0 Å². The van der Waals surface area contributed by atoms with Crippen molar-refractivity contribution < 1.29 is 9.13 Å². The number of methoxy groups -OCH3 is 1. The van der Waals surface area contributed by atoms with Crippen LogP contribution in [0.3, 0.4) is 0 Å². The van der Waals surface area contributed by atoms with Crippen LogP contribution >= 0.6 is 11.6 Å².